The zero-order chi connectivity index (χ0) is 33.7. The maximum atomic E-state index is 13.3. The Hall–Kier alpha value is -5.39. The molecule has 0 aliphatic carbocycles. The number of carbonyl (C=O) groups excluding carboxylic acids is 3. The molecule has 0 radical (unpaired) electrons. The van der Waals surface area contributed by atoms with Crippen molar-refractivity contribution in [1.82, 2.24) is 15.0 Å². The zero-order valence-electron chi connectivity index (χ0n) is 26.7. The van der Waals surface area contributed by atoms with E-state index in [9.17, 15) is 19.5 Å². The predicted octanol–water partition coefficient (Wildman–Crippen LogP) is 5.41. The standard InChI is InChI=1S/C38H37N3O8/c42-33(16-13-23-19-39-29-10-4-1-7-26(23)29)47-32-22-46-38(45)37(49-35(44)18-15-25-21-41-31-12-6-3-9-28(25)31)36(32)48-34(43)17-14-24-20-40-30-11-5-2-8-27(24)30/h1-12,19-21,32,36-41,45H,13-18,22H2. The van der Waals surface area contributed by atoms with Gasteiger partial charge in [0.25, 0.3) is 0 Å². The van der Waals surface area contributed by atoms with E-state index in [1.165, 1.54) is 0 Å². The van der Waals surface area contributed by atoms with Crippen molar-refractivity contribution in [3.05, 3.63) is 108 Å². The van der Waals surface area contributed by atoms with E-state index < -0.39 is 42.5 Å². The molecule has 0 saturated carbocycles. The molecule has 3 aromatic carbocycles. The largest absolute Gasteiger partial charge is 0.456 e. The van der Waals surface area contributed by atoms with Crippen LogP contribution in [0, 0.1) is 0 Å². The van der Waals surface area contributed by atoms with Crippen molar-refractivity contribution in [1.29, 1.82) is 0 Å². The molecular weight excluding hydrogens is 626 g/mol. The molecule has 252 valence electrons. The molecule has 4 N–H and O–H groups in total. The Bertz CT molecular complexity index is 2090. The van der Waals surface area contributed by atoms with Crippen molar-refractivity contribution in [3.8, 4) is 0 Å². The summed E-state index contributed by atoms with van der Waals surface area (Å²) in [5.74, 6) is -1.76. The van der Waals surface area contributed by atoms with Crippen LogP contribution >= 0.6 is 0 Å². The predicted molar refractivity (Wildman–Crippen MR) is 181 cm³/mol. The summed E-state index contributed by atoms with van der Waals surface area (Å²) >= 11 is 0. The average Bonchev–Trinajstić information content (AvgIpc) is 3.85. The van der Waals surface area contributed by atoms with Crippen LogP contribution in [0.1, 0.15) is 36.0 Å². The number of aliphatic hydroxyl groups excluding tert-OH is 1. The molecule has 0 amide bonds. The number of hydrogen-bond donors (Lipinski definition) is 4. The van der Waals surface area contributed by atoms with Gasteiger partial charge in [0.15, 0.2) is 24.6 Å². The van der Waals surface area contributed by atoms with Crippen LogP contribution < -0.4 is 0 Å². The summed E-state index contributed by atoms with van der Waals surface area (Å²) in [7, 11) is 0. The number of aromatic amines is 3. The number of carbonyl (C=O) groups is 3. The minimum Gasteiger partial charge on any atom is -0.456 e. The Morgan fingerprint density at radius 3 is 1.43 bits per heavy atom. The number of H-pyrrole nitrogens is 3. The molecule has 4 unspecified atom stereocenters. The molecule has 7 rings (SSSR count). The van der Waals surface area contributed by atoms with E-state index in [1.54, 1.807) is 0 Å². The van der Waals surface area contributed by atoms with Crippen LogP contribution in [0.5, 0.6) is 0 Å². The highest BCUT2D eigenvalue weighted by molar-refractivity contribution is 5.85. The third-order valence-electron chi connectivity index (χ3n) is 9.04. The number of esters is 3. The van der Waals surface area contributed by atoms with Gasteiger partial charge in [-0.2, -0.15) is 0 Å². The monoisotopic (exact) mass is 663 g/mol. The van der Waals surface area contributed by atoms with Crippen LogP contribution in [-0.2, 0) is 52.6 Å². The van der Waals surface area contributed by atoms with E-state index in [4.69, 9.17) is 18.9 Å². The molecule has 1 saturated heterocycles. The normalized spacial score (nSPS) is 19.3. The van der Waals surface area contributed by atoms with Crippen molar-refractivity contribution in [2.24, 2.45) is 0 Å². The minimum atomic E-state index is -1.59. The van der Waals surface area contributed by atoms with Crippen molar-refractivity contribution in [2.75, 3.05) is 6.61 Å². The maximum Gasteiger partial charge on any atom is 0.306 e. The SMILES string of the molecule is O=C(CCc1c[nH]c2ccccc12)OC1COC(O)C(OC(=O)CCc2c[nH]c3ccccc23)C1OC(=O)CCc1c[nH]c2ccccc12. The van der Waals surface area contributed by atoms with Gasteiger partial charge in [-0.3, -0.25) is 14.4 Å². The summed E-state index contributed by atoms with van der Waals surface area (Å²) in [4.78, 5) is 49.1. The van der Waals surface area contributed by atoms with Crippen molar-refractivity contribution in [3.63, 3.8) is 0 Å². The maximum absolute atomic E-state index is 13.3. The summed E-state index contributed by atoms with van der Waals surface area (Å²) in [5.41, 5.74) is 5.73. The molecule has 11 heteroatoms. The summed E-state index contributed by atoms with van der Waals surface area (Å²) in [6, 6.07) is 23.3. The van der Waals surface area contributed by atoms with Gasteiger partial charge in [-0.15, -0.1) is 0 Å². The summed E-state index contributed by atoms with van der Waals surface area (Å²) in [6.07, 6.45) is 1.42. The van der Waals surface area contributed by atoms with Crippen LogP contribution in [0.25, 0.3) is 32.7 Å². The Labute approximate surface area is 281 Å². The van der Waals surface area contributed by atoms with Crippen molar-refractivity contribution in [2.45, 2.75) is 63.1 Å². The molecule has 1 aliphatic heterocycles. The number of benzene rings is 3. The molecule has 11 nitrogen and oxygen atoms in total. The summed E-state index contributed by atoms with van der Waals surface area (Å²) in [6.45, 7) is -0.246. The van der Waals surface area contributed by atoms with Gasteiger partial charge in [-0.1, -0.05) is 54.6 Å². The van der Waals surface area contributed by atoms with Gasteiger partial charge in [0.1, 0.15) is 0 Å². The highest BCUT2D eigenvalue weighted by atomic mass is 16.7. The molecule has 3 aromatic heterocycles. The van der Waals surface area contributed by atoms with Gasteiger partial charge in [0, 0.05) is 70.6 Å². The lowest BCUT2D eigenvalue weighted by molar-refractivity contribution is -0.268. The van der Waals surface area contributed by atoms with Crippen molar-refractivity contribution < 1.29 is 38.4 Å². The smallest absolute Gasteiger partial charge is 0.306 e. The second-order valence-corrected chi connectivity index (χ2v) is 12.2. The van der Waals surface area contributed by atoms with Gasteiger partial charge >= 0.3 is 17.9 Å². The van der Waals surface area contributed by atoms with E-state index in [0.29, 0.717) is 19.3 Å². The number of aromatic nitrogens is 3. The van der Waals surface area contributed by atoms with Crippen LogP contribution in [0.15, 0.2) is 91.4 Å². The van der Waals surface area contributed by atoms with Gasteiger partial charge in [-0.25, -0.2) is 0 Å². The first-order valence-electron chi connectivity index (χ1n) is 16.5. The first-order valence-corrected chi connectivity index (χ1v) is 16.5. The number of aliphatic hydroxyl groups is 1. The molecular formula is C38H37N3O8. The van der Waals surface area contributed by atoms with Crippen molar-refractivity contribution >= 4 is 50.6 Å². The lowest BCUT2D eigenvalue weighted by Gasteiger charge is -2.38. The summed E-state index contributed by atoms with van der Waals surface area (Å²) in [5, 5.41) is 13.8. The Morgan fingerprint density at radius 2 is 0.980 bits per heavy atom. The molecule has 4 heterocycles. The topological polar surface area (TPSA) is 156 Å². The Kier molecular flexibility index (Phi) is 9.45. The van der Waals surface area contributed by atoms with Gasteiger partial charge in [0.2, 0.25) is 0 Å². The first kappa shape index (κ1) is 32.2. The average molecular weight is 664 g/mol. The lowest BCUT2D eigenvalue weighted by Crippen LogP contribution is -2.57. The third kappa shape index (κ3) is 7.23. The van der Waals surface area contributed by atoms with Crippen LogP contribution in [-0.4, -0.2) is 69.2 Å². The van der Waals surface area contributed by atoms with Gasteiger partial charge < -0.3 is 39.0 Å². The number of para-hydroxylation sites is 3. The van der Waals surface area contributed by atoms with Gasteiger partial charge in [0.05, 0.1) is 6.61 Å². The highest BCUT2D eigenvalue weighted by Gasteiger charge is 2.47. The number of aryl methyl sites for hydroxylation is 3. The first-order chi connectivity index (χ1) is 23.9. The van der Waals surface area contributed by atoms with Crippen LogP contribution in [0.4, 0.5) is 0 Å². The van der Waals surface area contributed by atoms with Crippen LogP contribution in [0.3, 0.4) is 0 Å². The number of fused-ring (bicyclic) bond motifs is 3. The lowest BCUT2D eigenvalue weighted by atomic mass is 10.0. The van der Waals surface area contributed by atoms with E-state index in [0.717, 1.165) is 49.4 Å². The molecule has 0 bridgehead atoms. The van der Waals surface area contributed by atoms with E-state index in [-0.39, 0.29) is 25.9 Å². The van der Waals surface area contributed by atoms with E-state index >= 15 is 0 Å². The zero-order valence-corrected chi connectivity index (χ0v) is 26.7. The fraction of sp³-hybridized carbons (Fsp3) is 0.289. The molecule has 4 atom stereocenters. The molecule has 1 fully saturated rings. The second-order valence-electron chi connectivity index (χ2n) is 12.2. The second kappa shape index (κ2) is 14.4. The molecule has 49 heavy (non-hydrogen) atoms. The Morgan fingerprint density at radius 1 is 0.592 bits per heavy atom. The molecule has 0 spiro atoms. The number of rotatable bonds is 12. The Balaban J connectivity index is 1.03. The number of ether oxygens (including phenoxy) is 4. The minimum absolute atomic E-state index is 0.00136. The number of nitrogens with one attached hydrogen (secondary N) is 3. The fourth-order valence-corrected chi connectivity index (χ4v) is 6.50. The number of hydrogen-bond acceptors (Lipinski definition) is 8. The molecule has 1 aliphatic rings. The molecule has 6 aromatic rings. The van der Waals surface area contributed by atoms with Gasteiger partial charge in [-0.05, 0) is 54.2 Å². The third-order valence-corrected chi connectivity index (χ3v) is 9.04. The fourth-order valence-electron chi connectivity index (χ4n) is 6.50. The summed E-state index contributed by atoms with van der Waals surface area (Å²) < 4.78 is 22.9. The van der Waals surface area contributed by atoms with E-state index in [1.807, 2.05) is 91.4 Å². The highest BCUT2D eigenvalue weighted by Crippen LogP contribution is 2.27. The quantitative estimate of drug-likeness (QED) is 0.100. The van der Waals surface area contributed by atoms with E-state index in [2.05, 4.69) is 15.0 Å². The van der Waals surface area contributed by atoms with Crippen LogP contribution in [0.2, 0.25) is 0 Å².